The van der Waals surface area contributed by atoms with Crippen molar-refractivity contribution in [3.05, 3.63) is 0 Å². The van der Waals surface area contributed by atoms with Gasteiger partial charge in [0.1, 0.15) is 0 Å². The van der Waals surface area contributed by atoms with E-state index in [0.717, 1.165) is 13.1 Å². The second-order valence-electron chi connectivity index (χ2n) is 4.13. The van der Waals surface area contributed by atoms with Gasteiger partial charge in [0.2, 0.25) is 11.8 Å². The Bertz CT molecular complexity index is 263. The van der Waals surface area contributed by atoms with Crippen LogP contribution in [-0.2, 0) is 9.59 Å². The van der Waals surface area contributed by atoms with E-state index in [1.807, 2.05) is 0 Å². The van der Waals surface area contributed by atoms with Crippen molar-refractivity contribution in [3.8, 4) is 0 Å². The summed E-state index contributed by atoms with van der Waals surface area (Å²) in [6.07, 6.45) is 0.865. The molecule has 2 amide bonds. The lowest BCUT2D eigenvalue weighted by Crippen LogP contribution is -2.36. The van der Waals surface area contributed by atoms with Crippen molar-refractivity contribution in [2.24, 2.45) is 11.8 Å². The summed E-state index contributed by atoms with van der Waals surface area (Å²) in [5, 5.41) is 3.26. The SMILES string of the molecule is O=C1CCC(=O)N1C1C2CNCC21. The standard InChI is InChI=1S/C9H12N2O2/c12-7-1-2-8(13)11(7)9-5-3-10-4-6(5)9/h5-6,9-10H,1-4H2. The Kier molecular flexibility index (Phi) is 1.34. The normalized spacial score (nSPS) is 42.8. The van der Waals surface area contributed by atoms with Crippen LogP contribution in [0.25, 0.3) is 0 Å². The van der Waals surface area contributed by atoms with Crippen LogP contribution in [0.15, 0.2) is 0 Å². The van der Waals surface area contributed by atoms with Gasteiger partial charge >= 0.3 is 0 Å². The Morgan fingerprint density at radius 1 is 1.08 bits per heavy atom. The zero-order valence-electron chi connectivity index (χ0n) is 7.32. The predicted molar refractivity (Wildman–Crippen MR) is 44.7 cm³/mol. The van der Waals surface area contributed by atoms with E-state index in [1.165, 1.54) is 4.90 Å². The monoisotopic (exact) mass is 180 g/mol. The molecule has 13 heavy (non-hydrogen) atoms. The highest BCUT2D eigenvalue weighted by atomic mass is 16.2. The third-order valence-electron chi connectivity index (χ3n) is 3.43. The second-order valence-corrected chi connectivity index (χ2v) is 4.13. The molecule has 4 nitrogen and oxygen atoms in total. The van der Waals surface area contributed by atoms with Gasteiger partial charge in [0.25, 0.3) is 0 Å². The molecule has 2 aliphatic heterocycles. The number of piperidine rings is 1. The molecule has 0 aromatic carbocycles. The molecule has 0 spiro atoms. The van der Waals surface area contributed by atoms with Gasteiger partial charge in [-0.2, -0.15) is 0 Å². The molecule has 1 N–H and O–H groups in total. The molecular weight excluding hydrogens is 168 g/mol. The maximum absolute atomic E-state index is 11.4. The first-order valence-corrected chi connectivity index (χ1v) is 4.84. The minimum atomic E-state index is 0.0457. The molecule has 1 saturated carbocycles. The first-order chi connectivity index (χ1) is 6.29. The molecule has 0 aromatic rings. The fourth-order valence-corrected chi connectivity index (χ4v) is 2.70. The summed E-state index contributed by atoms with van der Waals surface area (Å²) < 4.78 is 0. The van der Waals surface area contributed by atoms with E-state index in [1.54, 1.807) is 0 Å². The number of rotatable bonds is 1. The van der Waals surface area contributed by atoms with Crippen molar-refractivity contribution < 1.29 is 9.59 Å². The quantitative estimate of drug-likeness (QED) is 0.546. The molecule has 4 heteroatoms. The first kappa shape index (κ1) is 7.50. The van der Waals surface area contributed by atoms with Gasteiger partial charge in [0.15, 0.2) is 0 Å². The van der Waals surface area contributed by atoms with Gasteiger partial charge in [-0.25, -0.2) is 0 Å². The Morgan fingerprint density at radius 2 is 1.62 bits per heavy atom. The molecule has 3 rings (SSSR count). The van der Waals surface area contributed by atoms with Crippen LogP contribution in [0.2, 0.25) is 0 Å². The van der Waals surface area contributed by atoms with Crippen LogP contribution < -0.4 is 5.32 Å². The number of hydrogen-bond acceptors (Lipinski definition) is 3. The van der Waals surface area contributed by atoms with Gasteiger partial charge < -0.3 is 5.32 Å². The van der Waals surface area contributed by atoms with Crippen LogP contribution in [0.5, 0.6) is 0 Å². The third-order valence-corrected chi connectivity index (χ3v) is 3.43. The Morgan fingerprint density at radius 3 is 2.15 bits per heavy atom. The predicted octanol–water partition coefficient (Wildman–Crippen LogP) is -0.647. The number of carbonyl (C=O) groups excluding carboxylic acids is 2. The highest BCUT2D eigenvalue weighted by molar-refractivity contribution is 6.02. The molecule has 3 fully saturated rings. The van der Waals surface area contributed by atoms with Gasteiger partial charge in [-0.15, -0.1) is 0 Å². The molecule has 2 unspecified atom stereocenters. The van der Waals surface area contributed by atoms with E-state index in [-0.39, 0.29) is 17.9 Å². The second kappa shape index (κ2) is 2.32. The molecular formula is C9H12N2O2. The molecule has 70 valence electrons. The number of hydrogen-bond donors (Lipinski definition) is 1. The first-order valence-electron chi connectivity index (χ1n) is 4.84. The van der Waals surface area contributed by atoms with Crippen molar-refractivity contribution in [1.82, 2.24) is 10.2 Å². The lowest BCUT2D eigenvalue weighted by molar-refractivity contribution is -0.139. The Balaban J connectivity index is 1.79. The van der Waals surface area contributed by atoms with Crippen LogP contribution >= 0.6 is 0 Å². The largest absolute Gasteiger partial charge is 0.316 e. The molecule has 2 saturated heterocycles. The van der Waals surface area contributed by atoms with Gasteiger partial charge in [0, 0.05) is 32.0 Å². The Hall–Kier alpha value is -0.900. The zero-order chi connectivity index (χ0) is 9.00. The van der Waals surface area contributed by atoms with Crippen molar-refractivity contribution in [3.63, 3.8) is 0 Å². The van der Waals surface area contributed by atoms with Gasteiger partial charge in [-0.1, -0.05) is 0 Å². The lowest BCUT2D eigenvalue weighted by atomic mass is 10.4. The number of nitrogens with zero attached hydrogens (tertiary/aromatic N) is 1. The smallest absolute Gasteiger partial charge is 0.229 e. The van der Waals surface area contributed by atoms with E-state index in [2.05, 4.69) is 5.32 Å². The number of carbonyl (C=O) groups is 2. The fourth-order valence-electron chi connectivity index (χ4n) is 2.70. The summed E-state index contributed by atoms with van der Waals surface area (Å²) in [7, 11) is 0. The molecule has 0 radical (unpaired) electrons. The minimum Gasteiger partial charge on any atom is -0.316 e. The highest BCUT2D eigenvalue weighted by Gasteiger charge is 2.59. The summed E-state index contributed by atoms with van der Waals surface area (Å²) >= 11 is 0. The average Bonchev–Trinajstić information content (AvgIpc) is 2.51. The van der Waals surface area contributed by atoms with E-state index in [9.17, 15) is 9.59 Å². The number of likely N-dealkylation sites (tertiary alicyclic amines) is 1. The van der Waals surface area contributed by atoms with Crippen LogP contribution in [-0.4, -0.2) is 35.8 Å². The topological polar surface area (TPSA) is 49.4 Å². The summed E-state index contributed by atoms with van der Waals surface area (Å²) in [5.74, 6) is 1.21. The Labute approximate surface area is 76.3 Å². The van der Waals surface area contributed by atoms with Gasteiger partial charge in [0.05, 0.1) is 0 Å². The summed E-state index contributed by atoms with van der Waals surface area (Å²) in [6, 6.07) is 0.253. The maximum atomic E-state index is 11.4. The molecule has 1 aliphatic carbocycles. The van der Waals surface area contributed by atoms with Crippen LogP contribution in [0.3, 0.4) is 0 Å². The lowest BCUT2D eigenvalue weighted by Gasteiger charge is -2.15. The van der Waals surface area contributed by atoms with Crippen molar-refractivity contribution in [2.45, 2.75) is 18.9 Å². The number of imide groups is 1. The van der Waals surface area contributed by atoms with Crippen LogP contribution in [0.4, 0.5) is 0 Å². The van der Waals surface area contributed by atoms with Crippen molar-refractivity contribution >= 4 is 11.8 Å². The fraction of sp³-hybridized carbons (Fsp3) is 0.778. The van der Waals surface area contributed by atoms with E-state index in [0.29, 0.717) is 24.7 Å². The van der Waals surface area contributed by atoms with Crippen molar-refractivity contribution in [2.75, 3.05) is 13.1 Å². The molecule has 3 aliphatic rings. The van der Waals surface area contributed by atoms with E-state index in [4.69, 9.17) is 0 Å². The maximum Gasteiger partial charge on any atom is 0.229 e. The molecule has 2 atom stereocenters. The van der Waals surface area contributed by atoms with Crippen LogP contribution in [0.1, 0.15) is 12.8 Å². The number of amides is 2. The third kappa shape index (κ3) is 0.892. The zero-order valence-corrected chi connectivity index (χ0v) is 7.32. The summed E-state index contributed by atoms with van der Waals surface area (Å²) in [6.45, 7) is 1.96. The minimum absolute atomic E-state index is 0.0457. The van der Waals surface area contributed by atoms with E-state index < -0.39 is 0 Å². The molecule has 2 heterocycles. The summed E-state index contributed by atoms with van der Waals surface area (Å²) in [4.78, 5) is 24.3. The van der Waals surface area contributed by atoms with Gasteiger partial charge in [-0.05, 0) is 11.8 Å². The number of fused-ring (bicyclic) bond motifs is 1. The highest BCUT2D eigenvalue weighted by Crippen LogP contribution is 2.47. The molecule has 0 bridgehead atoms. The van der Waals surface area contributed by atoms with E-state index >= 15 is 0 Å². The number of nitrogens with one attached hydrogen (secondary N) is 1. The van der Waals surface area contributed by atoms with Crippen molar-refractivity contribution in [1.29, 1.82) is 0 Å². The molecule has 0 aromatic heterocycles. The summed E-state index contributed by atoms with van der Waals surface area (Å²) in [5.41, 5.74) is 0. The van der Waals surface area contributed by atoms with Gasteiger partial charge in [-0.3, -0.25) is 14.5 Å². The average molecular weight is 180 g/mol. The van der Waals surface area contributed by atoms with Crippen LogP contribution in [0, 0.1) is 11.8 Å².